The summed E-state index contributed by atoms with van der Waals surface area (Å²) in [5, 5.41) is 13.8. The molecule has 9 heteroatoms. The first-order chi connectivity index (χ1) is 13.5. The minimum absolute atomic E-state index is 0.0280. The van der Waals surface area contributed by atoms with Crippen LogP contribution in [0.5, 0.6) is 11.5 Å². The summed E-state index contributed by atoms with van der Waals surface area (Å²) < 4.78 is 15.1. The van der Waals surface area contributed by atoms with Crippen LogP contribution in [0.3, 0.4) is 0 Å². The van der Waals surface area contributed by atoms with E-state index in [0.717, 1.165) is 11.6 Å². The number of rotatable bonds is 7. The van der Waals surface area contributed by atoms with Crippen molar-refractivity contribution in [3.63, 3.8) is 0 Å². The summed E-state index contributed by atoms with van der Waals surface area (Å²) in [7, 11) is 0. The van der Waals surface area contributed by atoms with Crippen LogP contribution in [0.4, 0.5) is 5.69 Å². The SMILES string of the molecule is O=C(COC(=O)/C=C/c1cc2c(cc1[N+](=O)[O-])OCO2)NCc1ccccc1. The van der Waals surface area contributed by atoms with Crippen molar-refractivity contribution >= 4 is 23.6 Å². The molecule has 0 saturated heterocycles. The number of esters is 1. The van der Waals surface area contributed by atoms with Crippen LogP contribution >= 0.6 is 0 Å². The minimum atomic E-state index is -0.804. The lowest BCUT2D eigenvalue weighted by Crippen LogP contribution is -2.28. The molecule has 3 rings (SSSR count). The molecule has 1 N–H and O–H groups in total. The van der Waals surface area contributed by atoms with Gasteiger partial charge in [0, 0.05) is 12.6 Å². The maximum absolute atomic E-state index is 11.8. The molecule has 9 nitrogen and oxygen atoms in total. The Morgan fingerprint density at radius 2 is 1.89 bits per heavy atom. The van der Waals surface area contributed by atoms with Crippen molar-refractivity contribution < 1.29 is 28.7 Å². The molecule has 0 aromatic heterocycles. The number of nitrogens with zero attached hydrogens (tertiary/aromatic N) is 1. The Morgan fingerprint density at radius 3 is 2.61 bits per heavy atom. The molecule has 1 aliphatic heterocycles. The zero-order chi connectivity index (χ0) is 19.9. The molecule has 0 aliphatic carbocycles. The molecule has 0 unspecified atom stereocenters. The van der Waals surface area contributed by atoms with Crippen LogP contribution in [0.1, 0.15) is 11.1 Å². The van der Waals surface area contributed by atoms with Gasteiger partial charge in [0.1, 0.15) is 0 Å². The van der Waals surface area contributed by atoms with Crippen LogP contribution in [0.15, 0.2) is 48.5 Å². The molecule has 28 heavy (non-hydrogen) atoms. The minimum Gasteiger partial charge on any atom is -0.454 e. The van der Waals surface area contributed by atoms with E-state index >= 15 is 0 Å². The fourth-order valence-corrected chi connectivity index (χ4v) is 2.43. The van der Waals surface area contributed by atoms with E-state index in [1.807, 2.05) is 30.3 Å². The van der Waals surface area contributed by atoms with E-state index in [1.165, 1.54) is 18.2 Å². The normalized spacial score (nSPS) is 12.0. The predicted octanol–water partition coefficient (Wildman–Crippen LogP) is 2.20. The van der Waals surface area contributed by atoms with Gasteiger partial charge in [-0.25, -0.2) is 4.79 Å². The van der Waals surface area contributed by atoms with Gasteiger partial charge in [-0.1, -0.05) is 30.3 Å². The van der Waals surface area contributed by atoms with Gasteiger partial charge in [0.2, 0.25) is 6.79 Å². The molecular weight excluding hydrogens is 368 g/mol. The third kappa shape index (κ3) is 4.85. The molecule has 0 spiro atoms. The summed E-state index contributed by atoms with van der Waals surface area (Å²) in [4.78, 5) is 34.1. The zero-order valence-electron chi connectivity index (χ0n) is 14.6. The summed E-state index contributed by atoms with van der Waals surface area (Å²) >= 11 is 0. The lowest BCUT2D eigenvalue weighted by Gasteiger charge is -2.05. The summed E-state index contributed by atoms with van der Waals surface area (Å²) in [5.74, 6) is -0.651. The van der Waals surface area contributed by atoms with Crippen molar-refractivity contribution in [3.05, 3.63) is 69.8 Å². The molecule has 0 radical (unpaired) electrons. The molecule has 144 valence electrons. The van der Waals surface area contributed by atoms with Crippen LogP contribution in [0.2, 0.25) is 0 Å². The molecule has 1 aliphatic rings. The van der Waals surface area contributed by atoms with Crippen LogP contribution < -0.4 is 14.8 Å². The maximum Gasteiger partial charge on any atom is 0.331 e. The average Bonchev–Trinajstić information content (AvgIpc) is 3.16. The smallest absolute Gasteiger partial charge is 0.331 e. The van der Waals surface area contributed by atoms with E-state index in [0.29, 0.717) is 12.3 Å². The van der Waals surface area contributed by atoms with Crippen molar-refractivity contribution in [2.45, 2.75) is 6.54 Å². The van der Waals surface area contributed by atoms with Gasteiger partial charge in [-0.3, -0.25) is 14.9 Å². The van der Waals surface area contributed by atoms with Crippen molar-refractivity contribution in [1.82, 2.24) is 5.32 Å². The average molecular weight is 384 g/mol. The van der Waals surface area contributed by atoms with E-state index in [-0.39, 0.29) is 23.8 Å². The number of amides is 1. The molecule has 1 heterocycles. The topological polar surface area (TPSA) is 117 Å². The van der Waals surface area contributed by atoms with Gasteiger partial charge >= 0.3 is 5.97 Å². The van der Waals surface area contributed by atoms with Crippen molar-refractivity contribution in [1.29, 1.82) is 0 Å². The molecule has 0 bridgehead atoms. The zero-order valence-corrected chi connectivity index (χ0v) is 14.6. The molecule has 0 fully saturated rings. The van der Waals surface area contributed by atoms with Gasteiger partial charge in [0.15, 0.2) is 18.1 Å². The second-order valence-corrected chi connectivity index (χ2v) is 5.72. The number of benzene rings is 2. The highest BCUT2D eigenvalue weighted by atomic mass is 16.7. The van der Waals surface area contributed by atoms with E-state index in [9.17, 15) is 19.7 Å². The Morgan fingerprint density at radius 1 is 1.18 bits per heavy atom. The van der Waals surface area contributed by atoms with Crippen molar-refractivity contribution in [2.75, 3.05) is 13.4 Å². The standard InChI is InChI=1S/C19H16N2O7/c22-18(20-10-13-4-2-1-3-5-13)11-26-19(23)7-6-14-8-16-17(28-12-27-16)9-15(14)21(24)25/h1-9H,10-12H2,(H,20,22)/b7-6+. The van der Waals surface area contributed by atoms with E-state index in [4.69, 9.17) is 14.2 Å². The monoisotopic (exact) mass is 384 g/mol. The van der Waals surface area contributed by atoms with Crippen LogP contribution in [-0.2, 0) is 20.9 Å². The largest absolute Gasteiger partial charge is 0.454 e. The van der Waals surface area contributed by atoms with Crippen molar-refractivity contribution in [2.24, 2.45) is 0 Å². The van der Waals surface area contributed by atoms with Gasteiger partial charge in [-0.15, -0.1) is 0 Å². The second-order valence-electron chi connectivity index (χ2n) is 5.72. The highest BCUT2D eigenvalue weighted by Crippen LogP contribution is 2.38. The fourth-order valence-electron chi connectivity index (χ4n) is 2.43. The number of nitro benzene ring substituents is 1. The third-order valence-electron chi connectivity index (χ3n) is 3.80. The Labute approximate surface area is 159 Å². The number of fused-ring (bicyclic) bond motifs is 1. The van der Waals surface area contributed by atoms with Gasteiger partial charge < -0.3 is 19.5 Å². The number of nitro groups is 1. The van der Waals surface area contributed by atoms with Gasteiger partial charge in [-0.2, -0.15) is 0 Å². The third-order valence-corrected chi connectivity index (χ3v) is 3.80. The molecule has 0 atom stereocenters. The molecule has 0 saturated carbocycles. The number of carbonyl (C=O) groups is 2. The first-order valence-electron chi connectivity index (χ1n) is 8.26. The second kappa shape index (κ2) is 8.67. The van der Waals surface area contributed by atoms with E-state index in [1.54, 1.807) is 0 Å². The quantitative estimate of drug-likeness (QED) is 0.336. The Hall–Kier alpha value is -3.88. The van der Waals surface area contributed by atoms with Crippen molar-refractivity contribution in [3.8, 4) is 11.5 Å². The summed E-state index contributed by atoms with van der Waals surface area (Å²) in [6.07, 6.45) is 2.24. The van der Waals surface area contributed by atoms with Crippen LogP contribution in [0, 0.1) is 10.1 Å². The maximum atomic E-state index is 11.8. The number of hydrogen-bond acceptors (Lipinski definition) is 7. The number of nitrogens with one attached hydrogen (secondary N) is 1. The predicted molar refractivity (Wildman–Crippen MR) is 97.5 cm³/mol. The Kier molecular flexibility index (Phi) is 5.85. The van der Waals surface area contributed by atoms with E-state index < -0.39 is 23.4 Å². The Balaban J connectivity index is 1.54. The summed E-state index contributed by atoms with van der Waals surface area (Å²) in [6.45, 7) is -0.171. The summed E-state index contributed by atoms with van der Waals surface area (Å²) in [6, 6.07) is 11.9. The van der Waals surface area contributed by atoms with E-state index in [2.05, 4.69) is 5.32 Å². The molecule has 2 aromatic rings. The first-order valence-corrected chi connectivity index (χ1v) is 8.26. The summed E-state index contributed by atoms with van der Waals surface area (Å²) in [5.41, 5.74) is 0.825. The van der Waals surface area contributed by atoms with Crippen LogP contribution in [-0.4, -0.2) is 30.2 Å². The lowest BCUT2D eigenvalue weighted by molar-refractivity contribution is -0.385. The molecule has 2 aromatic carbocycles. The molecular formula is C19H16N2O7. The number of hydrogen-bond donors (Lipinski definition) is 1. The van der Waals surface area contributed by atoms with Gasteiger partial charge in [0.05, 0.1) is 16.6 Å². The highest BCUT2D eigenvalue weighted by molar-refractivity contribution is 5.90. The van der Waals surface area contributed by atoms with Gasteiger partial charge in [-0.05, 0) is 17.7 Å². The highest BCUT2D eigenvalue weighted by Gasteiger charge is 2.22. The first kappa shape index (κ1) is 18.9. The van der Waals surface area contributed by atoms with Gasteiger partial charge in [0.25, 0.3) is 11.6 Å². The van der Waals surface area contributed by atoms with Crippen LogP contribution in [0.25, 0.3) is 6.08 Å². The lowest BCUT2D eigenvalue weighted by atomic mass is 10.1. The number of carbonyl (C=O) groups excluding carboxylic acids is 2. The fraction of sp³-hybridized carbons (Fsp3) is 0.158. The molecule has 1 amide bonds. The number of ether oxygens (including phenoxy) is 3. The Bertz CT molecular complexity index is 925.